The fourth-order valence-electron chi connectivity index (χ4n) is 4.28. The van der Waals surface area contributed by atoms with E-state index in [0.29, 0.717) is 0 Å². The maximum Gasteiger partial charge on any atom is 0.302 e. The maximum atomic E-state index is 11.3. The van der Waals surface area contributed by atoms with E-state index < -0.39 is 5.60 Å². The van der Waals surface area contributed by atoms with Crippen LogP contribution in [0.4, 0.5) is 0 Å². The normalized spacial score (nSPS) is 46.7. The van der Waals surface area contributed by atoms with E-state index in [4.69, 9.17) is 14.5 Å². The predicted molar refractivity (Wildman–Crippen MR) is 69.1 cm³/mol. The number of fused-ring (bicyclic) bond motifs is 1. The molecule has 1 saturated carbocycles. The van der Waals surface area contributed by atoms with Gasteiger partial charge in [-0.1, -0.05) is 26.8 Å². The van der Waals surface area contributed by atoms with Crippen molar-refractivity contribution in [1.29, 1.82) is 0 Å². The Balaban J connectivity index is 2.03. The van der Waals surface area contributed by atoms with E-state index >= 15 is 0 Å². The highest BCUT2D eigenvalue weighted by Crippen LogP contribution is 2.63. The molecule has 0 amide bonds. The van der Waals surface area contributed by atoms with Crippen LogP contribution < -0.4 is 0 Å². The Kier molecular flexibility index (Phi) is 2.64. The number of rotatable bonds is 1. The molecule has 4 nitrogen and oxygen atoms in total. The van der Waals surface area contributed by atoms with Crippen molar-refractivity contribution in [3.63, 3.8) is 0 Å². The van der Waals surface area contributed by atoms with Crippen molar-refractivity contribution in [1.82, 2.24) is 0 Å². The molecule has 19 heavy (non-hydrogen) atoms. The third-order valence-electron chi connectivity index (χ3n) is 5.43. The lowest BCUT2D eigenvalue weighted by atomic mass is 9.49. The molecule has 4 aliphatic rings. The quantitative estimate of drug-likeness (QED) is 0.416. The van der Waals surface area contributed by atoms with Gasteiger partial charge in [0.15, 0.2) is 0 Å². The number of carbonyl (C=O) groups is 1. The smallest absolute Gasteiger partial charge is 0.302 e. The van der Waals surface area contributed by atoms with E-state index in [1.54, 1.807) is 0 Å². The van der Waals surface area contributed by atoms with Crippen molar-refractivity contribution in [3.05, 3.63) is 12.2 Å². The Hall–Kier alpha value is -0.870. The fraction of sp³-hybridized carbons (Fsp3) is 0.800. The molecule has 0 aromatic rings. The Bertz CT molecular complexity index is 441. The van der Waals surface area contributed by atoms with Gasteiger partial charge in [-0.2, -0.15) is 0 Å². The number of carbonyl (C=O) groups excluding carboxylic acids is 1. The average Bonchev–Trinajstić information content (AvgIpc) is 2.33. The first-order valence-corrected chi connectivity index (χ1v) is 7.02. The van der Waals surface area contributed by atoms with Gasteiger partial charge in [0, 0.05) is 17.8 Å². The summed E-state index contributed by atoms with van der Waals surface area (Å²) in [7, 11) is 0. The SMILES string of the molecule is CC(=O)OC1CCC2(C)CC3C=CC2(OO3)C1(C)C. The lowest BCUT2D eigenvalue weighted by Crippen LogP contribution is -2.69. The fourth-order valence-corrected chi connectivity index (χ4v) is 4.28. The molecule has 4 rings (SSSR count). The van der Waals surface area contributed by atoms with Gasteiger partial charge in [0.25, 0.3) is 0 Å². The standard InChI is InChI=1S/C15H22O4/c1-10(16)17-12-6-7-14(4)9-11-5-8-15(14,19-18-11)13(12,2)3/h5,8,11-12H,6-7,9H2,1-4H3. The summed E-state index contributed by atoms with van der Waals surface area (Å²) in [6.45, 7) is 7.94. The highest BCUT2D eigenvalue weighted by Gasteiger charge is 2.68. The Morgan fingerprint density at radius 2 is 2.11 bits per heavy atom. The highest BCUT2D eigenvalue weighted by molar-refractivity contribution is 5.66. The highest BCUT2D eigenvalue weighted by atomic mass is 17.2. The van der Waals surface area contributed by atoms with Crippen LogP contribution in [0.15, 0.2) is 12.2 Å². The van der Waals surface area contributed by atoms with Gasteiger partial charge in [-0.25, -0.2) is 9.78 Å². The van der Waals surface area contributed by atoms with Crippen LogP contribution in [-0.4, -0.2) is 23.8 Å². The second-order valence-electron chi connectivity index (χ2n) is 6.94. The van der Waals surface area contributed by atoms with Gasteiger partial charge in [0.1, 0.15) is 17.8 Å². The van der Waals surface area contributed by atoms with Crippen LogP contribution >= 0.6 is 0 Å². The largest absolute Gasteiger partial charge is 0.462 e. The van der Waals surface area contributed by atoms with Crippen LogP contribution in [0.25, 0.3) is 0 Å². The second-order valence-corrected chi connectivity index (χ2v) is 6.94. The summed E-state index contributed by atoms with van der Waals surface area (Å²) >= 11 is 0. The van der Waals surface area contributed by atoms with Crippen LogP contribution in [0.5, 0.6) is 0 Å². The van der Waals surface area contributed by atoms with Crippen molar-refractivity contribution in [2.45, 2.75) is 64.8 Å². The summed E-state index contributed by atoms with van der Waals surface area (Å²) < 4.78 is 5.54. The second kappa shape index (κ2) is 3.83. The molecule has 106 valence electrons. The predicted octanol–water partition coefficient (Wildman–Crippen LogP) is 2.77. The first-order valence-electron chi connectivity index (χ1n) is 7.02. The number of ether oxygens (including phenoxy) is 1. The molecular formula is C15H22O4. The van der Waals surface area contributed by atoms with Gasteiger partial charge in [0.2, 0.25) is 0 Å². The van der Waals surface area contributed by atoms with Crippen molar-refractivity contribution >= 4 is 5.97 Å². The van der Waals surface area contributed by atoms with Crippen LogP contribution in [0.3, 0.4) is 0 Å². The molecule has 2 bridgehead atoms. The molecular weight excluding hydrogens is 244 g/mol. The lowest BCUT2D eigenvalue weighted by Gasteiger charge is -2.64. The van der Waals surface area contributed by atoms with Crippen LogP contribution in [0.1, 0.15) is 47.0 Å². The molecule has 4 unspecified atom stereocenters. The average molecular weight is 266 g/mol. The van der Waals surface area contributed by atoms with E-state index in [-0.39, 0.29) is 29.0 Å². The zero-order valence-corrected chi connectivity index (χ0v) is 12.1. The lowest BCUT2D eigenvalue weighted by molar-refractivity contribution is -0.459. The Labute approximate surface area is 114 Å². The minimum Gasteiger partial charge on any atom is -0.462 e. The van der Waals surface area contributed by atoms with Crippen molar-refractivity contribution < 1.29 is 19.3 Å². The van der Waals surface area contributed by atoms with Crippen LogP contribution in [-0.2, 0) is 19.3 Å². The van der Waals surface area contributed by atoms with E-state index in [2.05, 4.69) is 32.9 Å². The number of hydrogen-bond acceptors (Lipinski definition) is 4. The van der Waals surface area contributed by atoms with E-state index in [0.717, 1.165) is 19.3 Å². The molecule has 0 aromatic carbocycles. The van der Waals surface area contributed by atoms with Crippen molar-refractivity contribution in [2.75, 3.05) is 0 Å². The molecule has 1 saturated heterocycles. The van der Waals surface area contributed by atoms with Gasteiger partial charge in [-0.15, -0.1) is 0 Å². The summed E-state index contributed by atoms with van der Waals surface area (Å²) in [5.41, 5.74) is -0.772. The zero-order valence-electron chi connectivity index (χ0n) is 12.1. The van der Waals surface area contributed by atoms with Crippen molar-refractivity contribution in [2.24, 2.45) is 10.8 Å². The van der Waals surface area contributed by atoms with Crippen molar-refractivity contribution in [3.8, 4) is 0 Å². The van der Waals surface area contributed by atoms with Crippen LogP contribution in [0, 0.1) is 10.8 Å². The maximum absolute atomic E-state index is 11.3. The van der Waals surface area contributed by atoms with Gasteiger partial charge in [-0.3, -0.25) is 4.79 Å². The van der Waals surface area contributed by atoms with Gasteiger partial charge in [-0.05, 0) is 25.3 Å². The molecule has 0 radical (unpaired) electrons. The summed E-state index contributed by atoms with van der Waals surface area (Å²) in [4.78, 5) is 22.6. The van der Waals surface area contributed by atoms with E-state index in [1.807, 2.05) is 0 Å². The van der Waals surface area contributed by atoms with E-state index in [9.17, 15) is 4.79 Å². The minimum atomic E-state index is -0.507. The van der Waals surface area contributed by atoms with Crippen LogP contribution in [0.2, 0.25) is 0 Å². The molecule has 0 aromatic heterocycles. The molecule has 0 N–H and O–H groups in total. The first kappa shape index (κ1) is 13.1. The Morgan fingerprint density at radius 3 is 2.68 bits per heavy atom. The zero-order chi connectivity index (χ0) is 13.9. The minimum absolute atomic E-state index is 0.0464. The van der Waals surface area contributed by atoms with E-state index in [1.165, 1.54) is 6.92 Å². The third-order valence-corrected chi connectivity index (χ3v) is 5.43. The third kappa shape index (κ3) is 1.56. The molecule has 2 heterocycles. The monoisotopic (exact) mass is 266 g/mol. The molecule has 4 atom stereocenters. The molecule has 4 heteroatoms. The number of hydrogen-bond donors (Lipinski definition) is 0. The molecule has 1 spiro atoms. The Morgan fingerprint density at radius 1 is 1.37 bits per heavy atom. The van der Waals surface area contributed by atoms with Gasteiger partial charge >= 0.3 is 5.97 Å². The molecule has 2 aliphatic heterocycles. The summed E-state index contributed by atoms with van der Waals surface area (Å²) in [5.74, 6) is -0.229. The summed E-state index contributed by atoms with van der Waals surface area (Å²) in [6.07, 6.45) is 6.99. The summed E-state index contributed by atoms with van der Waals surface area (Å²) in [6, 6.07) is 0. The van der Waals surface area contributed by atoms with Gasteiger partial charge < -0.3 is 4.74 Å². The van der Waals surface area contributed by atoms with Gasteiger partial charge in [0.05, 0.1) is 0 Å². The summed E-state index contributed by atoms with van der Waals surface area (Å²) in [5, 5.41) is 0. The number of esters is 1. The topological polar surface area (TPSA) is 44.8 Å². The first-order chi connectivity index (χ1) is 8.81. The molecule has 2 aliphatic carbocycles. The molecule has 2 fully saturated rings.